The second-order valence-electron chi connectivity index (χ2n) is 3.25. The van der Waals surface area contributed by atoms with E-state index in [0.717, 1.165) is 0 Å². The first-order valence-corrected chi connectivity index (χ1v) is 6.17. The predicted molar refractivity (Wildman–Crippen MR) is 60.9 cm³/mol. The summed E-state index contributed by atoms with van der Waals surface area (Å²) >= 11 is 0. The smallest absolute Gasteiger partial charge is 0.260 e. The third-order valence-electron chi connectivity index (χ3n) is 1.95. The van der Waals surface area contributed by atoms with E-state index in [1.165, 1.54) is 10.9 Å². The van der Waals surface area contributed by atoms with Crippen molar-refractivity contribution < 1.29 is 8.42 Å². The molecule has 1 heterocycles. The molecule has 0 amide bonds. The first-order valence-electron chi connectivity index (χ1n) is 4.69. The highest BCUT2D eigenvalue weighted by molar-refractivity contribution is 7.89. The number of nitrogen functional groups attached to an aromatic ring is 1. The summed E-state index contributed by atoms with van der Waals surface area (Å²) in [6, 6.07) is 0. The minimum atomic E-state index is -3.60. The Kier molecular flexibility index (Phi) is 3.93. The van der Waals surface area contributed by atoms with E-state index >= 15 is 0 Å². The predicted octanol–water partition coefficient (Wildman–Crippen LogP) is -0.306. The van der Waals surface area contributed by atoms with Crippen LogP contribution in [-0.2, 0) is 17.1 Å². The molecule has 16 heavy (non-hydrogen) atoms. The fourth-order valence-corrected chi connectivity index (χ4v) is 2.53. The Bertz CT molecular complexity index is 479. The van der Waals surface area contributed by atoms with Gasteiger partial charge in [0, 0.05) is 20.0 Å². The van der Waals surface area contributed by atoms with E-state index in [1.54, 1.807) is 7.05 Å². The van der Waals surface area contributed by atoms with E-state index < -0.39 is 10.0 Å². The zero-order valence-corrected chi connectivity index (χ0v) is 9.79. The van der Waals surface area contributed by atoms with Crippen LogP contribution in [0.4, 0.5) is 5.82 Å². The van der Waals surface area contributed by atoms with Crippen molar-refractivity contribution in [1.82, 2.24) is 14.3 Å². The molecule has 7 heteroatoms. The van der Waals surface area contributed by atoms with Crippen LogP contribution in [0, 0.1) is 12.3 Å². The van der Waals surface area contributed by atoms with Gasteiger partial charge in [0.05, 0.1) is 6.33 Å². The van der Waals surface area contributed by atoms with E-state index in [1.807, 2.05) is 0 Å². The molecule has 0 bridgehead atoms. The van der Waals surface area contributed by atoms with Gasteiger partial charge in [-0.2, -0.15) is 0 Å². The highest BCUT2D eigenvalue weighted by Gasteiger charge is 2.21. The molecular weight excluding hydrogens is 228 g/mol. The van der Waals surface area contributed by atoms with Gasteiger partial charge in [-0.15, -0.1) is 12.3 Å². The van der Waals surface area contributed by atoms with Crippen molar-refractivity contribution >= 4 is 15.8 Å². The summed E-state index contributed by atoms with van der Waals surface area (Å²) in [5, 5.41) is -0.0202. The van der Waals surface area contributed by atoms with Crippen molar-refractivity contribution in [2.45, 2.75) is 17.9 Å². The largest absolute Gasteiger partial charge is 0.381 e. The minimum Gasteiger partial charge on any atom is -0.381 e. The van der Waals surface area contributed by atoms with Gasteiger partial charge in [0.1, 0.15) is 0 Å². The molecule has 0 aromatic carbocycles. The number of terminal acetylenes is 1. The quantitative estimate of drug-likeness (QED) is 0.547. The number of rotatable bonds is 5. The molecule has 1 rings (SSSR count). The summed E-state index contributed by atoms with van der Waals surface area (Å²) < 4.78 is 27.4. The molecule has 0 aliphatic carbocycles. The molecule has 1 aromatic heterocycles. The normalized spacial score (nSPS) is 11.2. The lowest BCUT2D eigenvalue weighted by molar-refractivity contribution is 0.570. The van der Waals surface area contributed by atoms with E-state index in [-0.39, 0.29) is 17.4 Å². The van der Waals surface area contributed by atoms with E-state index in [0.29, 0.717) is 12.8 Å². The van der Waals surface area contributed by atoms with Crippen LogP contribution in [0.3, 0.4) is 0 Å². The van der Waals surface area contributed by atoms with Gasteiger partial charge in [0.15, 0.2) is 10.8 Å². The fourth-order valence-electron chi connectivity index (χ4n) is 1.23. The van der Waals surface area contributed by atoms with Crippen molar-refractivity contribution in [3.8, 4) is 12.3 Å². The molecule has 0 unspecified atom stereocenters. The number of nitrogens with two attached hydrogens (primary N) is 1. The topological polar surface area (TPSA) is 90.0 Å². The van der Waals surface area contributed by atoms with Gasteiger partial charge in [0.25, 0.3) is 10.0 Å². The van der Waals surface area contributed by atoms with Crippen LogP contribution < -0.4 is 10.5 Å². The molecule has 88 valence electrons. The highest BCUT2D eigenvalue weighted by atomic mass is 32.2. The van der Waals surface area contributed by atoms with Gasteiger partial charge >= 0.3 is 0 Å². The molecular formula is C9H14N4O2S. The number of nitrogens with zero attached hydrogens (tertiary/aromatic N) is 2. The number of hydrogen-bond acceptors (Lipinski definition) is 4. The monoisotopic (exact) mass is 242 g/mol. The van der Waals surface area contributed by atoms with Crippen molar-refractivity contribution in [3.05, 3.63) is 6.33 Å². The number of anilines is 1. The third-order valence-corrected chi connectivity index (χ3v) is 3.54. The Morgan fingerprint density at radius 2 is 2.38 bits per heavy atom. The molecule has 0 aliphatic heterocycles. The molecule has 3 N–H and O–H groups in total. The van der Waals surface area contributed by atoms with Crippen molar-refractivity contribution in [2.24, 2.45) is 7.05 Å². The number of hydrogen-bond donors (Lipinski definition) is 2. The van der Waals surface area contributed by atoms with Crippen LogP contribution in [0.15, 0.2) is 11.4 Å². The fraction of sp³-hybridized carbons (Fsp3) is 0.444. The van der Waals surface area contributed by atoms with Crippen LogP contribution >= 0.6 is 0 Å². The molecule has 0 saturated carbocycles. The van der Waals surface area contributed by atoms with Gasteiger partial charge < -0.3 is 10.3 Å². The highest BCUT2D eigenvalue weighted by Crippen LogP contribution is 2.14. The number of nitrogens with one attached hydrogen (secondary N) is 1. The van der Waals surface area contributed by atoms with Crippen LogP contribution in [-0.4, -0.2) is 24.5 Å². The molecule has 6 nitrogen and oxygen atoms in total. The van der Waals surface area contributed by atoms with Gasteiger partial charge in [-0.1, -0.05) is 0 Å². The molecule has 0 spiro atoms. The lowest BCUT2D eigenvalue weighted by atomic mass is 10.3. The average molecular weight is 242 g/mol. The van der Waals surface area contributed by atoms with Gasteiger partial charge in [-0.25, -0.2) is 18.1 Å². The third kappa shape index (κ3) is 2.74. The van der Waals surface area contributed by atoms with Crippen LogP contribution in [0.1, 0.15) is 12.8 Å². The first kappa shape index (κ1) is 12.5. The zero-order valence-electron chi connectivity index (χ0n) is 8.97. The molecule has 1 aromatic rings. The summed E-state index contributed by atoms with van der Waals surface area (Å²) in [4.78, 5) is 3.72. The Labute approximate surface area is 94.9 Å². The molecule has 0 atom stereocenters. The Morgan fingerprint density at radius 1 is 1.69 bits per heavy atom. The maximum atomic E-state index is 11.8. The number of aryl methyl sites for hydroxylation is 1. The van der Waals surface area contributed by atoms with Crippen LogP contribution in [0.5, 0.6) is 0 Å². The summed E-state index contributed by atoms with van der Waals surface area (Å²) in [6.45, 7) is 0.289. The maximum Gasteiger partial charge on any atom is 0.260 e. The van der Waals surface area contributed by atoms with Crippen molar-refractivity contribution in [2.75, 3.05) is 12.3 Å². The van der Waals surface area contributed by atoms with Crippen molar-refractivity contribution in [3.63, 3.8) is 0 Å². The number of aromatic nitrogens is 2. The van der Waals surface area contributed by atoms with Crippen LogP contribution in [0.25, 0.3) is 0 Å². The standard InChI is InChI=1S/C9H14N4O2S/c1-3-4-5-6-12-16(14,15)9-8(10)11-7-13(9)2/h1,7,12H,4-6,10H2,2H3. The Hall–Kier alpha value is -1.52. The lowest BCUT2D eigenvalue weighted by Gasteiger charge is -2.06. The van der Waals surface area contributed by atoms with E-state index in [9.17, 15) is 8.42 Å². The molecule has 0 radical (unpaired) electrons. The zero-order chi connectivity index (χ0) is 12.2. The average Bonchev–Trinajstić information content (AvgIpc) is 2.54. The van der Waals surface area contributed by atoms with Gasteiger partial charge in [0.2, 0.25) is 0 Å². The SMILES string of the molecule is C#CCCCNS(=O)(=O)c1c(N)ncn1C. The molecule has 0 saturated heterocycles. The van der Waals surface area contributed by atoms with Gasteiger partial charge in [-0.05, 0) is 6.42 Å². The van der Waals surface area contributed by atoms with Crippen LogP contribution in [0.2, 0.25) is 0 Å². The summed E-state index contributed by atoms with van der Waals surface area (Å²) in [5.41, 5.74) is 5.47. The Morgan fingerprint density at radius 3 is 2.88 bits per heavy atom. The molecule has 0 fully saturated rings. The number of sulfonamides is 1. The second kappa shape index (κ2) is 5.01. The lowest BCUT2D eigenvalue weighted by Crippen LogP contribution is -2.27. The number of imidazole rings is 1. The second-order valence-corrected chi connectivity index (χ2v) is 4.93. The van der Waals surface area contributed by atoms with E-state index in [2.05, 4.69) is 15.6 Å². The van der Waals surface area contributed by atoms with Gasteiger partial charge in [-0.3, -0.25) is 0 Å². The summed E-state index contributed by atoms with van der Waals surface area (Å²) in [7, 11) is -2.03. The minimum absolute atomic E-state index is 0.00745. The Balaban J connectivity index is 2.76. The maximum absolute atomic E-state index is 11.8. The van der Waals surface area contributed by atoms with Crippen molar-refractivity contribution in [1.29, 1.82) is 0 Å². The number of unbranched alkanes of at least 4 members (excludes halogenated alkanes) is 1. The first-order chi connectivity index (χ1) is 7.49. The van der Waals surface area contributed by atoms with E-state index in [4.69, 9.17) is 12.2 Å². The summed E-state index contributed by atoms with van der Waals surface area (Å²) in [6.07, 6.45) is 7.53. The molecule has 0 aliphatic rings. The summed E-state index contributed by atoms with van der Waals surface area (Å²) in [5.74, 6) is 2.43.